The van der Waals surface area contributed by atoms with Crippen LogP contribution < -0.4 is 5.56 Å². The highest BCUT2D eigenvalue weighted by molar-refractivity contribution is 7.98. The van der Waals surface area contributed by atoms with Crippen molar-refractivity contribution in [2.45, 2.75) is 18.2 Å². The molecule has 0 aliphatic rings. The van der Waals surface area contributed by atoms with Crippen molar-refractivity contribution in [3.05, 3.63) is 32.2 Å². The third-order valence-corrected chi connectivity index (χ3v) is 2.69. The number of aromatic nitrogens is 1. The number of thioether (sulfide) groups is 1. The average Bonchev–Trinajstić information content (AvgIpc) is 2.16. The summed E-state index contributed by atoms with van der Waals surface area (Å²) in [6.45, 7) is 1.79. The molecule has 0 aliphatic heterocycles. The van der Waals surface area contributed by atoms with Crippen molar-refractivity contribution in [2.75, 3.05) is 6.26 Å². The summed E-state index contributed by atoms with van der Waals surface area (Å²) in [5.41, 5.74) is -0.463. The molecule has 0 saturated carbocycles. The van der Waals surface area contributed by atoms with Crippen LogP contribution in [0.15, 0.2) is 15.9 Å². The molecule has 1 heterocycles. The zero-order chi connectivity index (χ0) is 10.7. The van der Waals surface area contributed by atoms with E-state index >= 15 is 0 Å². The smallest absolute Gasteiger partial charge is 0.322 e. The fourth-order valence-electron chi connectivity index (χ4n) is 1.26. The van der Waals surface area contributed by atoms with E-state index in [0.717, 1.165) is 4.90 Å². The molecule has 0 radical (unpaired) electrons. The van der Waals surface area contributed by atoms with E-state index in [1.807, 2.05) is 6.26 Å². The van der Waals surface area contributed by atoms with E-state index in [1.165, 1.54) is 18.0 Å². The third-order valence-electron chi connectivity index (χ3n) is 1.89. The maximum Gasteiger partial charge on any atom is 0.338 e. The maximum absolute atomic E-state index is 11.2. The van der Waals surface area contributed by atoms with E-state index in [9.17, 15) is 14.9 Å². The van der Waals surface area contributed by atoms with Crippen molar-refractivity contribution >= 4 is 17.4 Å². The lowest BCUT2D eigenvalue weighted by molar-refractivity contribution is -0.387. The van der Waals surface area contributed by atoms with Crippen molar-refractivity contribution < 1.29 is 4.92 Å². The Hall–Kier alpha value is -1.30. The van der Waals surface area contributed by atoms with Crippen LogP contribution in [0.5, 0.6) is 0 Å². The Bertz CT molecular complexity index is 414. The van der Waals surface area contributed by atoms with Crippen LogP contribution in [0.2, 0.25) is 0 Å². The highest BCUT2D eigenvalue weighted by atomic mass is 32.2. The van der Waals surface area contributed by atoms with E-state index < -0.39 is 10.5 Å². The van der Waals surface area contributed by atoms with Gasteiger partial charge in [0.1, 0.15) is 0 Å². The minimum Gasteiger partial charge on any atom is -0.322 e. The van der Waals surface area contributed by atoms with Crippen molar-refractivity contribution in [1.29, 1.82) is 0 Å². The van der Waals surface area contributed by atoms with Crippen LogP contribution in [0, 0.1) is 10.1 Å². The summed E-state index contributed by atoms with van der Waals surface area (Å²) in [6.07, 6.45) is 3.81. The van der Waals surface area contributed by atoms with Gasteiger partial charge in [-0.05, 0) is 12.7 Å². The number of hydrogen-bond acceptors (Lipinski definition) is 4. The highest BCUT2D eigenvalue weighted by Gasteiger charge is 2.20. The van der Waals surface area contributed by atoms with Crippen LogP contribution in [0.4, 0.5) is 5.69 Å². The highest BCUT2D eigenvalue weighted by Crippen LogP contribution is 2.24. The molecule has 14 heavy (non-hydrogen) atoms. The van der Waals surface area contributed by atoms with E-state index in [0.29, 0.717) is 12.0 Å². The first-order chi connectivity index (χ1) is 6.61. The first-order valence-corrected chi connectivity index (χ1v) is 5.27. The van der Waals surface area contributed by atoms with Gasteiger partial charge in [0.2, 0.25) is 0 Å². The second-order valence-electron chi connectivity index (χ2n) is 2.62. The number of aromatic amines is 1. The summed E-state index contributed by atoms with van der Waals surface area (Å²) in [5, 5.41) is 10.6. The molecule has 0 unspecified atom stereocenters. The fourth-order valence-corrected chi connectivity index (χ4v) is 1.92. The molecule has 1 aromatic rings. The number of nitrogens with one attached hydrogen (secondary N) is 1. The quantitative estimate of drug-likeness (QED) is 0.470. The summed E-state index contributed by atoms with van der Waals surface area (Å²) in [4.78, 5) is 24.3. The van der Waals surface area contributed by atoms with Crippen LogP contribution in [-0.2, 0) is 6.42 Å². The van der Waals surface area contributed by atoms with Gasteiger partial charge in [0.05, 0.1) is 10.5 Å². The first kappa shape index (κ1) is 10.8. The van der Waals surface area contributed by atoms with Crippen LogP contribution >= 0.6 is 11.8 Å². The molecule has 0 aliphatic carbocycles. The molecule has 0 saturated heterocycles. The summed E-state index contributed by atoms with van der Waals surface area (Å²) in [7, 11) is 0. The van der Waals surface area contributed by atoms with E-state index in [4.69, 9.17) is 0 Å². The third kappa shape index (κ3) is 1.79. The number of H-pyrrole nitrogens is 1. The second kappa shape index (κ2) is 4.28. The van der Waals surface area contributed by atoms with Gasteiger partial charge >= 0.3 is 11.2 Å². The number of hydrogen-bond donors (Lipinski definition) is 1. The van der Waals surface area contributed by atoms with Crippen LogP contribution in [0.1, 0.15) is 12.5 Å². The van der Waals surface area contributed by atoms with Crippen LogP contribution in [-0.4, -0.2) is 16.2 Å². The zero-order valence-corrected chi connectivity index (χ0v) is 8.68. The molecular formula is C8H10N2O3S. The van der Waals surface area contributed by atoms with E-state index in [-0.39, 0.29) is 5.69 Å². The molecule has 76 valence electrons. The lowest BCUT2D eigenvalue weighted by Crippen LogP contribution is -2.14. The number of rotatable bonds is 3. The summed E-state index contributed by atoms with van der Waals surface area (Å²) >= 11 is 1.39. The lowest BCUT2D eigenvalue weighted by atomic mass is 10.2. The number of nitrogens with zero attached hydrogens (tertiary/aromatic N) is 1. The van der Waals surface area contributed by atoms with Gasteiger partial charge in [-0.3, -0.25) is 14.9 Å². The summed E-state index contributed by atoms with van der Waals surface area (Å²) in [6, 6.07) is 0. The average molecular weight is 214 g/mol. The minimum atomic E-state index is -0.635. The molecule has 0 amide bonds. The zero-order valence-electron chi connectivity index (χ0n) is 7.86. The largest absolute Gasteiger partial charge is 0.338 e. The van der Waals surface area contributed by atoms with Crippen molar-refractivity contribution in [1.82, 2.24) is 4.98 Å². The van der Waals surface area contributed by atoms with Crippen molar-refractivity contribution in [3.63, 3.8) is 0 Å². The molecule has 0 spiro atoms. The second-order valence-corrected chi connectivity index (χ2v) is 3.47. The topological polar surface area (TPSA) is 76.0 Å². The summed E-state index contributed by atoms with van der Waals surface area (Å²) < 4.78 is 0. The number of pyridine rings is 1. The van der Waals surface area contributed by atoms with Gasteiger partial charge in [-0.1, -0.05) is 6.92 Å². The van der Waals surface area contributed by atoms with Gasteiger partial charge in [0.15, 0.2) is 0 Å². The number of nitro groups is 1. The van der Waals surface area contributed by atoms with Crippen molar-refractivity contribution in [2.24, 2.45) is 0 Å². The molecule has 1 aromatic heterocycles. The molecule has 6 heteroatoms. The monoisotopic (exact) mass is 214 g/mol. The normalized spacial score (nSPS) is 10.1. The molecule has 1 N–H and O–H groups in total. The molecule has 0 bridgehead atoms. The summed E-state index contributed by atoms with van der Waals surface area (Å²) in [5.74, 6) is 0. The molecule has 0 atom stereocenters. The van der Waals surface area contributed by atoms with Gasteiger partial charge in [0, 0.05) is 11.1 Å². The Kier molecular flexibility index (Phi) is 3.29. The van der Waals surface area contributed by atoms with Gasteiger partial charge in [-0.25, -0.2) is 0 Å². The Morgan fingerprint density at radius 1 is 1.64 bits per heavy atom. The van der Waals surface area contributed by atoms with Gasteiger partial charge in [-0.15, -0.1) is 11.8 Å². The molecular weight excluding hydrogens is 204 g/mol. The van der Waals surface area contributed by atoms with E-state index in [1.54, 1.807) is 6.92 Å². The Morgan fingerprint density at radius 3 is 2.71 bits per heavy atom. The first-order valence-electron chi connectivity index (χ1n) is 4.04. The lowest BCUT2D eigenvalue weighted by Gasteiger charge is -2.03. The molecule has 0 aromatic carbocycles. The van der Waals surface area contributed by atoms with Gasteiger partial charge in [-0.2, -0.15) is 0 Å². The molecule has 1 rings (SSSR count). The predicted octanol–water partition coefficient (Wildman–Crippen LogP) is 1.57. The predicted molar refractivity (Wildman–Crippen MR) is 54.9 cm³/mol. The Labute approximate surface area is 84.7 Å². The van der Waals surface area contributed by atoms with Gasteiger partial charge in [0.25, 0.3) is 0 Å². The minimum absolute atomic E-state index is 0.334. The Morgan fingerprint density at radius 2 is 2.29 bits per heavy atom. The standard InChI is InChI=1S/C8H10N2O3S/c1-3-5-6(14-2)4-9-8(11)7(5)10(12)13/h4H,3H2,1-2H3,(H,9,11). The SMILES string of the molecule is CCc1c(SC)c[nH]c(=O)c1[N+](=O)[O-]. The maximum atomic E-state index is 11.2. The van der Waals surface area contributed by atoms with Crippen LogP contribution in [0.25, 0.3) is 0 Å². The van der Waals surface area contributed by atoms with Crippen LogP contribution in [0.3, 0.4) is 0 Å². The molecule has 0 fully saturated rings. The Balaban J connectivity index is 3.51. The van der Waals surface area contributed by atoms with Gasteiger partial charge < -0.3 is 4.98 Å². The van der Waals surface area contributed by atoms with E-state index in [2.05, 4.69) is 4.98 Å². The fraction of sp³-hybridized carbons (Fsp3) is 0.375. The van der Waals surface area contributed by atoms with Crippen molar-refractivity contribution in [3.8, 4) is 0 Å². The molecule has 5 nitrogen and oxygen atoms in total.